The number of methoxy groups -OCH3 is 1. The van der Waals surface area contributed by atoms with Crippen molar-refractivity contribution < 1.29 is 28.5 Å². The van der Waals surface area contributed by atoms with E-state index in [2.05, 4.69) is 0 Å². The number of barbiturate groups is 1. The number of rotatable bonds is 7. The molecule has 1 aliphatic heterocycles. The van der Waals surface area contributed by atoms with Crippen molar-refractivity contribution in [3.8, 4) is 11.3 Å². The van der Waals surface area contributed by atoms with Gasteiger partial charge in [-0.15, -0.1) is 0 Å². The van der Waals surface area contributed by atoms with Gasteiger partial charge in [-0.1, -0.05) is 18.2 Å². The average Bonchev–Trinajstić information content (AvgIpc) is 3.31. The van der Waals surface area contributed by atoms with E-state index < -0.39 is 22.8 Å². The number of non-ortho nitro benzene ring substituents is 1. The molecule has 1 aliphatic rings. The minimum atomic E-state index is -0.775. The summed E-state index contributed by atoms with van der Waals surface area (Å²) in [4.78, 5) is 51.4. The summed E-state index contributed by atoms with van der Waals surface area (Å²) in [6, 6.07) is 16.5. The quantitative estimate of drug-likeness (QED) is 0.226. The predicted molar refractivity (Wildman–Crippen MR) is 122 cm³/mol. The second-order valence-corrected chi connectivity index (χ2v) is 7.27. The molecule has 0 spiro atoms. The number of furan rings is 1. The first-order chi connectivity index (χ1) is 16.4. The molecule has 10 heteroatoms. The second-order valence-electron chi connectivity index (χ2n) is 7.27. The van der Waals surface area contributed by atoms with Crippen molar-refractivity contribution in [3.63, 3.8) is 0 Å². The molecule has 0 unspecified atom stereocenters. The molecule has 0 aliphatic carbocycles. The minimum absolute atomic E-state index is 0.0334. The molecule has 0 N–H and O–H groups in total. The number of hydrogen-bond acceptors (Lipinski definition) is 7. The van der Waals surface area contributed by atoms with Crippen LogP contribution < -0.4 is 4.90 Å². The number of carbonyl (C=O) groups is 3. The van der Waals surface area contributed by atoms with E-state index in [-0.39, 0.29) is 30.2 Å². The molecule has 10 nitrogen and oxygen atoms in total. The molecular weight excluding hydrogens is 442 g/mol. The number of para-hydroxylation sites is 1. The van der Waals surface area contributed by atoms with E-state index in [1.807, 2.05) is 0 Å². The second kappa shape index (κ2) is 9.51. The van der Waals surface area contributed by atoms with Crippen LogP contribution in [0.15, 0.2) is 76.7 Å². The Morgan fingerprint density at radius 1 is 0.971 bits per heavy atom. The van der Waals surface area contributed by atoms with E-state index in [0.717, 1.165) is 9.80 Å². The standard InChI is InChI=1S/C24H19N3O7/c1-33-14-13-25-22(28)20(23(29)26(24(25)30)17-5-3-2-4-6-17)15-19-11-12-21(34-19)16-7-9-18(10-8-16)27(31)32/h2-12,15H,13-14H2,1H3/b20-15+. The van der Waals surface area contributed by atoms with Gasteiger partial charge < -0.3 is 9.15 Å². The maximum Gasteiger partial charge on any atom is 0.338 e. The molecular formula is C24H19N3O7. The van der Waals surface area contributed by atoms with Crippen LogP contribution in [0.2, 0.25) is 0 Å². The van der Waals surface area contributed by atoms with Gasteiger partial charge in [0, 0.05) is 24.8 Å². The molecule has 4 amide bonds. The van der Waals surface area contributed by atoms with Gasteiger partial charge in [0.2, 0.25) is 0 Å². The first-order valence-electron chi connectivity index (χ1n) is 10.2. The zero-order valence-electron chi connectivity index (χ0n) is 18.0. The van der Waals surface area contributed by atoms with Crippen molar-refractivity contribution >= 4 is 35.3 Å². The Morgan fingerprint density at radius 2 is 1.68 bits per heavy atom. The van der Waals surface area contributed by atoms with Crippen molar-refractivity contribution in [3.05, 3.63) is 88.2 Å². The number of nitro groups is 1. The Labute approximate surface area is 193 Å². The van der Waals surface area contributed by atoms with E-state index in [0.29, 0.717) is 17.0 Å². The first kappa shape index (κ1) is 22.6. The van der Waals surface area contributed by atoms with Crippen molar-refractivity contribution in [2.45, 2.75) is 0 Å². The monoisotopic (exact) mass is 461 g/mol. The summed E-state index contributed by atoms with van der Waals surface area (Å²) in [6.07, 6.45) is 1.28. The average molecular weight is 461 g/mol. The number of benzene rings is 2. The predicted octanol–water partition coefficient (Wildman–Crippen LogP) is 3.88. The summed E-state index contributed by atoms with van der Waals surface area (Å²) >= 11 is 0. The lowest BCUT2D eigenvalue weighted by Crippen LogP contribution is -2.57. The number of imide groups is 2. The Hall–Kier alpha value is -4.57. The van der Waals surface area contributed by atoms with Gasteiger partial charge in [0.05, 0.1) is 23.8 Å². The van der Waals surface area contributed by atoms with Crippen molar-refractivity contribution in [1.29, 1.82) is 0 Å². The molecule has 0 radical (unpaired) electrons. The number of ether oxygens (including phenoxy) is 1. The molecule has 172 valence electrons. The number of nitro benzene ring substituents is 1. The number of urea groups is 1. The third-order valence-corrected chi connectivity index (χ3v) is 5.14. The molecule has 1 fully saturated rings. The fourth-order valence-electron chi connectivity index (χ4n) is 3.43. The lowest BCUT2D eigenvalue weighted by molar-refractivity contribution is -0.384. The fraction of sp³-hybridized carbons (Fsp3) is 0.125. The van der Waals surface area contributed by atoms with E-state index in [1.54, 1.807) is 42.5 Å². The SMILES string of the molecule is COCCN1C(=O)/C(=C\c2ccc(-c3ccc([N+](=O)[O-])cc3)o2)C(=O)N(c2ccccc2)C1=O. The number of carbonyl (C=O) groups excluding carboxylic acids is 3. The van der Waals surface area contributed by atoms with Crippen LogP contribution in [0.3, 0.4) is 0 Å². The van der Waals surface area contributed by atoms with Gasteiger partial charge in [-0.3, -0.25) is 24.6 Å². The Kier molecular flexibility index (Phi) is 6.33. The highest BCUT2D eigenvalue weighted by Gasteiger charge is 2.42. The van der Waals surface area contributed by atoms with Crippen LogP contribution >= 0.6 is 0 Å². The third-order valence-electron chi connectivity index (χ3n) is 5.14. The van der Waals surface area contributed by atoms with Gasteiger partial charge in [0.25, 0.3) is 17.5 Å². The van der Waals surface area contributed by atoms with Crippen LogP contribution in [0.4, 0.5) is 16.2 Å². The van der Waals surface area contributed by atoms with Crippen LogP contribution in [0.5, 0.6) is 0 Å². The lowest BCUT2D eigenvalue weighted by atomic mass is 10.1. The third kappa shape index (κ3) is 4.34. The van der Waals surface area contributed by atoms with Crippen LogP contribution in [0.25, 0.3) is 17.4 Å². The maximum atomic E-state index is 13.2. The molecule has 1 aromatic heterocycles. The van der Waals surface area contributed by atoms with E-state index >= 15 is 0 Å². The van der Waals surface area contributed by atoms with Crippen LogP contribution in [-0.4, -0.2) is 47.9 Å². The van der Waals surface area contributed by atoms with Gasteiger partial charge in [0.15, 0.2) is 0 Å². The van der Waals surface area contributed by atoms with Crippen LogP contribution in [0, 0.1) is 10.1 Å². The Balaban J connectivity index is 1.69. The Morgan fingerprint density at radius 3 is 2.32 bits per heavy atom. The van der Waals surface area contributed by atoms with Crippen molar-refractivity contribution in [2.24, 2.45) is 0 Å². The largest absolute Gasteiger partial charge is 0.457 e. The normalized spacial score (nSPS) is 15.3. The first-order valence-corrected chi connectivity index (χ1v) is 10.2. The fourth-order valence-corrected chi connectivity index (χ4v) is 3.43. The number of anilines is 1. The molecule has 34 heavy (non-hydrogen) atoms. The topological polar surface area (TPSA) is 123 Å². The number of hydrogen-bond donors (Lipinski definition) is 0. The van der Waals surface area contributed by atoms with Gasteiger partial charge in [-0.2, -0.15) is 0 Å². The van der Waals surface area contributed by atoms with Crippen LogP contribution in [0.1, 0.15) is 5.76 Å². The summed E-state index contributed by atoms with van der Waals surface area (Å²) in [7, 11) is 1.44. The molecule has 2 heterocycles. The highest BCUT2D eigenvalue weighted by molar-refractivity contribution is 6.39. The number of amides is 4. The molecule has 0 atom stereocenters. The summed E-state index contributed by atoms with van der Waals surface area (Å²) < 4.78 is 10.8. The molecule has 4 rings (SSSR count). The van der Waals surface area contributed by atoms with Crippen molar-refractivity contribution in [2.75, 3.05) is 25.2 Å². The molecule has 1 saturated heterocycles. The summed E-state index contributed by atoms with van der Waals surface area (Å²) in [5.41, 5.74) is 0.603. The van der Waals surface area contributed by atoms with Crippen LogP contribution in [-0.2, 0) is 14.3 Å². The van der Waals surface area contributed by atoms with E-state index in [9.17, 15) is 24.5 Å². The van der Waals surface area contributed by atoms with Gasteiger partial charge >= 0.3 is 6.03 Å². The van der Waals surface area contributed by atoms with E-state index in [1.165, 1.54) is 37.5 Å². The van der Waals surface area contributed by atoms with Gasteiger partial charge in [0.1, 0.15) is 17.1 Å². The maximum absolute atomic E-state index is 13.2. The summed E-state index contributed by atoms with van der Waals surface area (Å²) in [6.45, 7) is 0.0704. The zero-order chi connectivity index (χ0) is 24.2. The zero-order valence-corrected chi connectivity index (χ0v) is 18.0. The molecule has 0 saturated carbocycles. The van der Waals surface area contributed by atoms with E-state index in [4.69, 9.17) is 9.15 Å². The Bertz CT molecular complexity index is 1280. The molecule has 0 bridgehead atoms. The number of nitrogens with zero attached hydrogens (tertiary/aromatic N) is 3. The van der Waals surface area contributed by atoms with Gasteiger partial charge in [-0.05, 0) is 42.5 Å². The van der Waals surface area contributed by atoms with Gasteiger partial charge in [-0.25, -0.2) is 9.69 Å². The summed E-state index contributed by atoms with van der Waals surface area (Å²) in [5.74, 6) is -0.931. The van der Waals surface area contributed by atoms with Crippen molar-refractivity contribution in [1.82, 2.24) is 4.90 Å². The summed E-state index contributed by atoms with van der Waals surface area (Å²) in [5, 5.41) is 10.9. The molecule has 2 aromatic carbocycles. The highest BCUT2D eigenvalue weighted by Crippen LogP contribution is 2.28. The molecule has 3 aromatic rings. The smallest absolute Gasteiger partial charge is 0.338 e. The highest BCUT2D eigenvalue weighted by atomic mass is 16.6. The minimum Gasteiger partial charge on any atom is -0.457 e. The lowest BCUT2D eigenvalue weighted by Gasteiger charge is -2.33.